The lowest BCUT2D eigenvalue weighted by molar-refractivity contribution is 0.0937. The van der Waals surface area contributed by atoms with E-state index in [0.717, 1.165) is 24.8 Å². The fourth-order valence-corrected chi connectivity index (χ4v) is 2.31. The van der Waals surface area contributed by atoms with Gasteiger partial charge < -0.3 is 11.1 Å². The zero-order valence-electron chi connectivity index (χ0n) is 10.3. The van der Waals surface area contributed by atoms with Crippen LogP contribution in [0.1, 0.15) is 41.3 Å². The Kier molecular flexibility index (Phi) is 3.79. The third-order valence-electron chi connectivity index (χ3n) is 3.47. The van der Waals surface area contributed by atoms with Gasteiger partial charge >= 0.3 is 0 Å². The van der Waals surface area contributed by atoms with Crippen molar-refractivity contribution in [2.24, 2.45) is 5.73 Å². The van der Waals surface area contributed by atoms with Gasteiger partial charge in [0.25, 0.3) is 5.91 Å². The Bertz CT molecular complexity index is 411. The van der Waals surface area contributed by atoms with Gasteiger partial charge in [-0.15, -0.1) is 0 Å². The molecule has 0 bridgehead atoms. The molecule has 0 saturated heterocycles. The predicted octanol–water partition coefficient (Wildman–Crippen LogP) is 1.64. The van der Waals surface area contributed by atoms with E-state index in [1.807, 2.05) is 19.1 Å². The summed E-state index contributed by atoms with van der Waals surface area (Å²) in [6.45, 7) is 2.52. The number of carbonyl (C=O) groups excluding carboxylic acids is 1. The number of rotatable bonds is 4. The van der Waals surface area contributed by atoms with Gasteiger partial charge in [-0.25, -0.2) is 0 Å². The topological polar surface area (TPSA) is 55.1 Å². The number of nitrogens with two attached hydrogens (primary N) is 1. The quantitative estimate of drug-likeness (QED) is 0.829. The molecule has 3 N–H and O–H groups in total. The third kappa shape index (κ3) is 2.67. The largest absolute Gasteiger partial charge is 0.348 e. The molecule has 0 saturated carbocycles. The molecule has 0 aromatic heterocycles. The Morgan fingerprint density at radius 1 is 1.41 bits per heavy atom. The molecule has 0 radical (unpaired) electrons. The number of hydrogen-bond acceptors (Lipinski definition) is 2. The van der Waals surface area contributed by atoms with E-state index in [4.69, 9.17) is 5.73 Å². The van der Waals surface area contributed by atoms with Crippen LogP contribution in [0.4, 0.5) is 0 Å². The van der Waals surface area contributed by atoms with Gasteiger partial charge in [-0.3, -0.25) is 4.79 Å². The molecule has 17 heavy (non-hydrogen) atoms. The predicted molar refractivity (Wildman–Crippen MR) is 69.1 cm³/mol. The molecule has 3 heteroatoms. The maximum atomic E-state index is 12.0. The maximum Gasteiger partial charge on any atom is 0.251 e. The van der Waals surface area contributed by atoms with Gasteiger partial charge in [0.1, 0.15) is 0 Å². The molecule has 0 heterocycles. The molecule has 1 unspecified atom stereocenters. The highest BCUT2D eigenvalue weighted by molar-refractivity contribution is 5.94. The maximum absolute atomic E-state index is 12.0. The van der Waals surface area contributed by atoms with Crippen molar-refractivity contribution >= 4 is 5.91 Å². The van der Waals surface area contributed by atoms with Crippen LogP contribution in [0.5, 0.6) is 0 Å². The Labute approximate surface area is 102 Å². The molecular formula is C14H20N2O. The van der Waals surface area contributed by atoms with Crippen molar-refractivity contribution < 1.29 is 4.79 Å². The molecule has 3 nitrogen and oxygen atoms in total. The van der Waals surface area contributed by atoms with E-state index < -0.39 is 0 Å². The fraction of sp³-hybridized carbons (Fsp3) is 0.500. The Hall–Kier alpha value is -1.35. The highest BCUT2D eigenvalue weighted by Crippen LogP contribution is 2.22. The van der Waals surface area contributed by atoms with Crippen molar-refractivity contribution in [2.45, 2.75) is 38.6 Å². The molecule has 1 amide bonds. The van der Waals surface area contributed by atoms with Crippen LogP contribution in [0.15, 0.2) is 18.2 Å². The van der Waals surface area contributed by atoms with Gasteiger partial charge in [0.2, 0.25) is 0 Å². The number of hydrogen-bond donors (Lipinski definition) is 2. The fourth-order valence-electron chi connectivity index (χ4n) is 2.31. The monoisotopic (exact) mass is 232 g/mol. The smallest absolute Gasteiger partial charge is 0.251 e. The van der Waals surface area contributed by atoms with Crippen molar-refractivity contribution in [3.63, 3.8) is 0 Å². The highest BCUT2D eigenvalue weighted by atomic mass is 16.1. The van der Waals surface area contributed by atoms with Gasteiger partial charge in [-0.2, -0.15) is 0 Å². The average molecular weight is 232 g/mol. The SMILES string of the molecule is CCC(CN)NC(=O)c1ccc2c(c1)CCC2. The number of carbonyl (C=O) groups is 1. The molecule has 1 aliphatic rings. The summed E-state index contributed by atoms with van der Waals surface area (Å²) in [5.74, 6) is -0.00278. The number of fused-ring (bicyclic) bond motifs is 1. The van der Waals surface area contributed by atoms with Crippen molar-refractivity contribution in [2.75, 3.05) is 6.54 Å². The van der Waals surface area contributed by atoms with E-state index in [0.29, 0.717) is 6.54 Å². The second-order valence-corrected chi connectivity index (χ2v) is 4.65. The lowest BCUT2D eigenvalue weighted by Crippen LogP contribution is -2.39. The first-order chi connectivity index (χ1) is 8.24. The van der Waals surface area contributed by atoms with Gasteiger partial charge in [0, 0.05) is 18.2 Å². The van der Waals surface area contributed by atoms with Crippen LogP contribution < -0.4 is 11.1 Å². The molecule has 2 rings (SSSR count). The van der Waals surface area contributed by atoms with Crippen LogP contribution in [-0.2, 0) is 12.8 Å². The summed E-state index contributed by atoms with van der Waals surface area (Å²) in [7, 11) is 0. The Morgan fingerprint density at radius 2 is 2.18 bits per heavy atom. The zero-order chi connectivity index (χ0) is 12.3. The molecule has 0 fully saturated rings. The lowest BCUT2D eigenvalue weighted by atomic mass is 10.1. The minimum absolute atomic E-state index is 0.00278. The molecule has 0 spiro atoms. The summed E-state index contributed by atoms with van der Waals surface area (Å²) >= 11 is 0. The second kappa shape index (κ2) is 5.32. The summed E-state index contributed by atoms with van der Waals surface area (Å²) in [5.41, 5.74) is 9.07. The van der Waals surface area contributed by atoms with Crippen LogP contribution in [0.25, 0.3) is 0 Å². The number of amides is 1. The summed E-state index contributed by atoms with van der Waals surface area (Å²) in [5, 5.41) is 2.96. The highest BCUT2D eigenvalue weighted by Gasteiger charge is 2.15. The summed E-state index contributed by atoms with van der Waals surface area (Å²) in [4.78, 5) is 12.0. The first-order valence-corrected chi connectivity index (χ1v) is 6.37. The van der Waals surface area contributed by atoms with E-state index >= 15 is 0 Å². The molecule has 1 aromatic rings. The van der Waals surface area contributed by atoms with Crippen LogP contribution in [0.3, 0.4) is 0 Å². The normalized spacial score (nSPS) is 15.4. The van der Waals surface area contributed by atoms with E-state index in [-0.39, 0.29) is 11.9 Å². The Morgan fingerprint density at radius 3 is 2.88 bits per heavy atom. The lowest BCUT2D eigenvalue weighted by Gasteiger charge is -2.15. The van der Waals surface area contributed by atoms with Gasteiger partial charge in [0.05, 0.1) is 0 Å². The molecule has 1 aromatic carbocycles. The molecule has 1 atom stereocenters. The third-order valence-corrected chi connectivity index (χ3v) is 3.47. The van der Waals surface area contributed by atoms with E-state index in [9.17, 15) is 4.79 Å². The van der Waals surface area contributed by atoms with Crippen molar-refractivity contribution in [1.82, 2.24) is 5.32 Å². The van der Waals surface area contributed by atoms with Gasteiger partial charge in [-0.05, 0) is 48.9 Å². The van der Waals surface area contributed by atoms with E-state index in [1.165, 1.54) is 17.5 Å². The molecular weight excluding hydrogens is 212 g/mol. The summed E-state index contributed by atoms with van der Waals surface area (Å²) < 4.78 is 0. The van der Waals surface area contributed by atoms with E-state index in [2.05, 4.69) is 11.4 Å². The second-order valence-electron chi connectivity index (χ2n) is 4.65. The summed E-state index contributed by atoms with van der Waals surface area (Å²) in [6, 6.07) is 6.11. The first kappa shape index (κ1) is 12.1. The first-order valence-electron chi connectivity index (χ1n) is 6.37. The number of aryl methyl sites for hydroxylation is 2. The number of nitrogens with one attached hydrogen (secondary N) is 1. The van der Waals surface area contributed by atoms with Gasteiger partial charge in [-0.1, -0.05) is 13.0 Å². The van der Waals surface area contributed by atoms with Crippen LogP contribution in [0, 0.1) is 0 Å². The molecule has 0 aliphatic heterocycles. The number of benzene rings is 1. The Balaban J connectivity index is 2.09. The van der Waals surface area contributed by atoms with Crippen molar-refractivity contribution in [3.05, 3.63) is 34.9 Å². The molecule has 92 valence electrons. The van der Waals surface area contributed by atoms with Gasteiger partial charge in [0.15, 0.2) is 0 Å². The zero-order valence-corrected chi connectivity index (χ0v) is 10.3. The van der Waals surface area contributed by atoms with Crippen LogP contribution >= 0.6 is 0 Å². The van der Waals surface area contributed by atoms with Crippen LogP contribution in [0.2, 0.25) is 0 Å². The van der Waals surface area contributed by atoms with E-state index in [1.54, 1.807) is 0 Å². The standard InChI is InChI=1S/C14H20N2O/c1-2-13(9-15)16-14(17)12-7-6-10-4-3-5-11(10)8-12/h6-8,13H,2-5,9,15H2,1H3,(H,16,17). The minimum Gasteiger partial charge on any atom is -0.348 e. The average Bonchev–Trinajstić information content (AvgIpc) is 2.82. The molecule has 1 aliphatic carbocycles. The van der Waals surface area contributed by atoms with Crippen molar-refractivity contribution in [1.29, 1.82) is 0 Å². The summed E-state index contributed by atoms with van der Waals surface area (Å²) in [6.07, 6.45) is 4.33. The van der Waals surface area contributed by atoms with Crippen molar-refractivity contribution in [3.8, 4) is 0 Å². The minimum atomic E-state index is -0.00278. The van der Waals surface area contributed by atoms with Crippen LogP contribution in [-0.4, -0.2) is 18.5 Å².